The van der Waals surface area contributed by atoms with Gasteiger partial charge in [-0.05, 0) is 34.1 Å². The number of hydrogen-bond acceptors (Lipinski definition) is 3. The van der Waals surface area contributed by atoms with Crippen LogP contribution in [0.5, 0.6) is 11.5 Å². The Morgan fingerprint density at radius 2 is 2.06 bits per heavy atom. The zero-order valence-electron chi connectivity index (χ0n) is 8.76. The van der Waals surface area contributed by atoms with Gasteiger partial charge in [0, 0.05) is 12.3 Å². The lowest BCUT2D eigenvalue weighted by Gasteiger charge is -2.08. The van der Waals surface area contributed by atoms with Gasteiger partial charge in [0.2, 0.25) is 0 Å². The molecular formula is C12H9BrN2OS. The molecule has 1 aromatic carbocycles. The number of nitrogens with zero attached hydrogens (tertiary/aromatic N) is 1. The number of hydrogen-bond donors (Lipinski definition) is 1. The van der Waals surface area contributed by atoms with E-state index < -0.39 is 0 Å². The van der Waals surface area contributed by atoms with E-state index in [0.717, 1.165) is 10.2 Å². The predicted molar refractivity (Wildman–Crippen MR) is 74.3 cm³/mol. The van der Waals surface area contributed by atoms with Gasteiger partial charge in [0.05, 0.1) is 4.47 Å². The standard InChI is InChI=1S/C12H9BrN2OS/c13-9-3-1-2-4-11(9)16-8-5-6-15-10(7-8)12(14)17/h1-7H,(H2,14,17). The second-order valence-electron chi connectivity index (χ2n) is 3.27. The van der Waals surface area contributed by atoms with Crippen molar-refractivity contribution in [1.82, 2.24) is 4.98 Å². The Kier molecular flexibility index (Phi) is 3.71. The summed E-state index contributed by atoms with van der Waals surface area (Å²) in [7, 11) is 0. The fourth-order valence-corrected chi connectivity index (χ4v) is 1.74. The smallest absolute Gasteiger partial charge is 0.141 e. The van der Waals surface area contributed by atoms with Gasteiger partial charge >= 0.3 is 0 Å². The Morgan fingerprint density at radius 3 is 2.76 bits per heavy atom. The molecule has 1 aromatic heterocycles. The molecule has 2 aromatic rings. The highest BCUT2D eigenvalue weighted by atomic mass is 79.9. The third-order valence-corrected chi connectivity index (χ3v) is 2.91. The first-order valence-electron chi connectivity index (χ1n) is 4.85. The summed E-state index contributed by atoms with van der Waals surface area (Å²) in [5.41, 5.74) is 6.06. The van der Waals surface area contributed by atoms with Gasteiger partial charge < -0.3 is 10.5 Å². The summed E-state index contributed by atoms with van der Waals surface area (Å²) < 4.78 is 6.58. The molecule has 17 heavy (non-hydrogen) atoms. The van der Waals surface area contributed by atoms with Gasteiger partial charge in [-0.2, -0.15) is 0 Å². The lowest BCUT2D eigenvalue weighted by Crippen LogP contribution is -2.11. The summed E-state index contributed by atoms with van der Waals surface area (Å²) in [6.07, 6.45) is 1.61. The lowest BCUT2D eigenvalue weighted by molar-refractivity contribution is 0.479. The van der Waals surface area contributed by atoms with Crippen molar-refractivity contribution in [3.8, 4) is 11.5 Å². The van der Waals surface area contributed by atoms with Crippen LogP contribution in [-0.2, 0) is 0 Å². The molecule has 0 saturated carbocycles. The van der Waals surface area contributed by atoms with E-state index in [1.807, 2.05) is 24.3 Å². The summed E-state index contributed by atoms with van der Waals surface area (Å²) in [5, 5.41) is 0. The molecule has 3 nitrogen and oxygen atoms in total. The number of para-hydroxylation sites is 1. The first kappa shape index (κ1) is 12.0. The Morgan fingerprint density at radius 1 is 1.29 bits per heavy atom. The van der Waals surface area contributed by atoms with Gasteiger partial charge in [0.15, 0.2) is 0 Å². The molecule has 5 heteroatoms. The average Bonchev–Trinajstić information content (AvgIpc) is 2.32. The number of rotatable bonds is 3. The monoisotopic (exact) mass is 308 g/mol. The molecule has 0 spiro atoms. The molecule has 86 valence electrons. The molecule has 1 heterocycles. The van der Waals surface area contributed by atoms with Gasteiger partial charge in [0.25, 0.3) is 0 Å². The van der Waals surface area contributed by atoms with Crippen LogP contribution in [-0.4, -0.2) is 9.97 Å². The summed E-state index contributed by atoms with van der Waals surface area (Å²) in [5.74, 6) is 1.38. The Labute approximate surface area is 113 Å². The first-order valence-corrected chi connectivity index (χ1v) is 6.05. The highest BCUT2D eigenvalue weighted by Crippen LogP contribution is 2.29. The van der Waals surface area contributed by atoms with Crippen LogP contribution >= 0.6 is 28.1 Å². The lowest BCUT2D eigenvalue weighted by atomic mass is 10.3. The molecule has 2 N–H and O–H groups in total. The van der Waals surface area contributed by atoms with Crippen LogP contribution < -0.4 is 10.5 Å². The maximum atomic E-state index is 5.70. The van der Waals surface area contributed by atoms with Crippen LogP contribution in [0.2, 0.25) is 0 Å². The van der Waals surface area contributed by atoms with Gasteiger partial charge in [-0.15, -0.1) is 0 Å². The van der Waals surface area contributed by atoms with Crippen molar-refractivity contribution in [3.05, 3.63) is 52.8 Å². The molecule has 0 fully saturated rings. The van der Waals surface area contributed by atoms with Crippen LogP contribution in [0.1, 0.15) is 5.69 Å². The summed E-state index contributed by atoms with van der Waals surface area (Å²) in [6, 6.07) is 11.1. The molecule has 0 bridgehead atoms. The highest BCUT2D eigenvalue weighted by molar-refractivity contribution is 9.10. The van der Waals surface area contributed by atoms with E-state index in [9.17, 15) is 0 Å². The molecule has 2 rings (SSSR count). The van der Waals surface area contributed by atoms with Crippen LogP contribution in [0.3, 0.4) is 0 Å². The molecule has 0 aliphatic heterocycles. The fourth-order valence-electron chi connectivity index (χ4n) is 1.26. The molecule has 0 radical (unpaired) electrons. The van der Waals surface area contributed by atoms with Gasteiger partial charge in [-0.1, -0.05) is 24.4 Å². The maximum Gasteiger partial charge on any atom is 0.141 e. The zero-order chi connectivity index (χ0) is 12.3. The molecular weight excluding hydrogens is 300 g/mol. The van der Waals surface area contributed by atoms with E-state index in [4.69, 9.17) is 22.7 Å². The van der Waals surface area contributed by atoms with Crippen LogP contribution in [0, 0.1) is 0 Å². The Hall–Kier alpha value is -1.46. The second kappa shape index (κ2) is 5.25. The van der Waals surface area contributed by atoms with Crippen LogP contribution in [0.15, 0.2) is 47.1 Å². The number of nitrogens with two attached hydrogens (primary N) is 1. The van der Waals surface area contributed by atoms with Gasteiger partial charge in [-0.3, -0.25) is 4.98 Å². The Balaban J connectivity index is 2.28. The highest BCUT2D eigenvalue weighted by Gasteiger charge is 2.04. The summed E-state index contributed by atoms with van der Waals surface area (Å²) >= 11 is 8.27. The van der Waals surface area contributed by atoms with E-state index >= 15 is 0 Å². The molecule has 0 saturated heterocycles. The third kappa shape index (κ3) is 3.01. The molecule has 0 atom stereocenters. The minimum atomic E-state index is 0.252. The Bertz CT molecular complexity index is 560. The number of ether oxygens (including phenoxy) is 1. The molecule has 0 amide bonds. The van der Waals surface area contributed by atoms with Crippen molar-refractivity contribution in [2.24, 2.45) is 5.73 Å². The van der Waals surface area contributed by atoms with Crippen molar-refractivity contribution < 1.29 is 4.74 Å². The van der Waals surface area contributed by atoms with E-state index in [1.54, 1.807) is 18.3 Å². The topological polar surface area (TPSA) is 48.1 Å². The average molecular weight is 309 g/mol. The van der Waals surface area contributed by atoms with Gasteiger partial charge in [-0.25, -0.2) is 0 Å². The maximum absolute atomic E-state index is 5.70. The minimum absolute atomic E-state index is 0.252. The van der Waals surface area contributed by atoms with Crippen LogP contribution in [0.4, 0.5) is 0 Å². The van der Waals surface area contributed by atoms with Crippen molar-refractivity contribution in [3.63, 3.8) is 0 Å². The van der Waals surface area contributed by atoms with Crippen molar-refractivity contribution in [1.29, 1.82) is 0 Å². The van der Waals surface area contributed by atoms with Crippen LogP contribution in [0.25, 0.3) is 0 Å². The number of thiocarbonyl (C=S) groups is 1. The fraction of sp³-hybridized carbons (Fsp3) is 0. The zero-order valence-corrected chi connectivity index (χ0v) is 11.2. The summed E-state index contributed by atoms with van der Waals surface area (Å²) in [4.78, 5) is 4.30. The number of halogens is 1. The van der Waals surface area contributed by atoms with Crippen molar-refractivity contribution >= 4 is 33.1 Å². The molecule has 0 unspecified atom stereocenters. The SMILES string of the molecule is NC(=S)c1cc(Oc2ccccc2Br)ccn1. The normalized spacial score (nSPS) is 9.94. The van der Waals surface area contributed by atoms with Crippen molar-refractivity contribution in [2.75, 3.05) is 0 Å². The van der Waals surface area contributed by atoms with Gasteiger partial charge in [0.1, 0.15) is 22.2 Å². The van der Waals surface area contributed by atoms with E-state index in [2.05, 4.69) is 20.9 Å². The predicted octanol–water partition coefficient (Wildman–Crippen LogP) is 3.27. The molecule has 0 aliphatic carbocycles. The number of benzene rings is 1. The molecule has 0 aliphatic rings. The van der Waals surface area contributed by atoms with E-state index in [-0.39, 0.29) is 4.99 Å². The third-order valence-electron chi connectivity index (χ3n) is 2.05. The second-order valence-corrected chi connectivity index (χ2v) is 4.57. The quantitative estimate of drug-likeness (QED) is 0.884. The number of pyridine rings is 1. The summed E-state index contributed by atoms with van der Waals surface area (Å²) in [6.45, 7) is 0. The number of aromatic nitrogens is 1. The largest absolute Gasteiger partial charge is 0.456 e. The van der Waals surface area contributed by atoms with Crippen molar-refractivity contribution in [2.45, 2.75) is 0 Å². The minimum Gasteiger partial charge on any atom is -0.456 e. The first-order chi connectivity index (χ1) is 8.16. The van der Waals surface area contributed by atoms with E-state index in [1.165, 1.54) is 0 Å². The van der Waals surface area contributed by atoms with E-state index in [0.29, 0.717) is 11.4 Å².